The number of pyridine rings is 1. The molecule has 1 aliphatic heterocycles. The number of benzene rings is 1. The lowest BCUT2D eigenvalue weighted by atomic mass is 10.0. The van der Waals surface area contributed by atoms with E-state index in [-0.39, 0.29) is 51.6 Å². The van der Waals surface area contributed by atoms with Gasteiger partial charge >= 0.3 is 5.69 Å². The second kappa shape index (κ2) is 10.9. The van der Waals surface area contributed by atoms with Gasteiger partial charge in [0.2, 0.25) is 5.91 Å². The quantitative estimate of drug-likeness (QED) is 0.253. The highest BCUT2D eigenvalue weighted by atomic mass is 19.1. The summed E-state index contributed by atoms with van der Waals surface area (Å²) in [6.45, 7) is 13.9. The Morgan fingerprint density at radius 2 is 1.86 bits per heavy atom. The van der Waals surface area contributed by atoms with E-state index in [1.54, 1.807) is 24.8 Å². The first kappa shape index (κ1) is 29.1. The Morgan fingerprint density at radius 1 is 1.09 bits per heavy atom. The summed E-state index contributed by atoms with van der Waals surface area (Å²) in [5, 5.41) is 0.809. The molecule has 0 aliphatic carbocycles. The molecule has 1 fully saturated rings. The third kappa shape index (κ3) is 4.70. The number of furan rings is 1. The Balaban J connectivity index is 1.68. The predicted octanol–water partition coefficient (Wildman–Crippen LogP) is 5.23. The molecule has 0 N–H and O–H groups in total. The minimum atomic E-state index is -0.817. The SMILES string of the molecule is C=CC(=O)N1CCN(c2nc(=O)n(-c3c(C)nc(C)nc3C(C)C)c3nc(-c4c(F)ccc5ccoc45)c(F)cc23)[C@@H](C)C1. The van der Waals surface area contributed by atoms with Crippen LogP contribution in [0.4, 0.5) is 14.6 Å². The van der Waals surface area contributed by atoms with E-state index in [0.717, 1.165) is 0 Å². The van der Waals surface area contributed by atoms with E-state index < -0.39 is 17.3 Å². The molecular weight excluding hydrogens is 568 g/mol. The molecule has 6 rings (SSSR count). The number of aryl methyl sites for hydroxylation is 2. The molecule has 1 amide bonds. The average Bonchev–Trinajstić information content (AvgIpc) is 3.46. The molecule has 10 nitrogen and oxygen atoms in total. The second-order valence-corrected chi connectivity index (χ2v) is 11.3. The molecule has 0 bridgehead atoms. The van der Waals surface area contributed by atoms with Crippen LogP contribution in [-0.4, -0.2) is 61.0 Å². The van der Waals surface area contributed by atoms with Crippen LogP contribution in [0.25, 0.3) is 38.9 Å². The molecular formula is C32H31F2N7O3. The van der Waals surface area contributed by atoms with Crippen LogP contribution in [0.1, 0.15) is 43.9 Å². The molecule has 0 unspecified atom stereocenters. The van der Waals surface area contributed by atoms with E-state index in [0.29, 0.717) is 47.9 Å². The van der Waals surface area contributed by atoms with Gasteiger partial charge in [0.25, 0.3) is 0 Å². The maximum Gasteiger partial charge on any atom is 0.355 e. The lowest BCUT2D eigenvalue weighted by Gasteiger charge is -2.40. The first-order valence-corrected chi connectivity index (χ1v) is 14.3. The van der Waals surface area contributed by atoms with Crippen LogP contribution in [0.15, 0.2) is 52.4 Å². The van der Waals surface area contributed by atoms with Gasteiger partial charge in [-0.3, -0.25) is 4.79 Å². The van der Waals surface area contributed by atoms with Crippen LogP contribution in [0.3, 0.4) is 0 Å². The molecule has 5 heterocycles. The van der Waals surface area contributed by atoms with Crippen molar-refractivity contribution in [3.63, 3.8) is 0 Å². The summed E-state index contributed by atoms with van der Waals surface area (Å²) in [5.41, 5.74) is 0.532. The molecule has 1 saturated heterocycles. The zero-order valence-electron chi connectivity index (χ0n) is 25.1. The van der Waals surface area contributed by atoms with Gasteiger partial charge < -0.3 is 14.2 Å². The van der Waals surface area contributed by atoms with E-state index in [1.165, 1.54) is 35.1 Å². The van der Waals surface area contributed by atoms with Crippen molar-refractivity contribution in [1.29, 1.82) is 0 Å². The summed E-state index contributed by atoms with van der Waals surface area (Å²) in [6, 6.07) is 5.37. The fraction of sp³-hybridized carbons (Fsp3) is 0.312. The minimum absolute atomic E-state index is 0.0635. The maximum atomic E-state index is 16.2. The largest absolute Gasteiger partial charge is 0.464 e. The Morgan fingerprint density at radius 3 is 2.57 bits per heavy atom. The molecule has 0 spiro atoms. The van der Waals surface area contributed by atoms with Crippen LogP contribution in [0.2, 0.25) is 0 Å². The number of piperazine rings is 1. The number of carbonyl (C=O) groups excluding carboxylic acids is 1. The molecule has 4 aromatic heterocycles. The van der Waals surface area contributed by atoms with Gasteiger partial charge in [0, 0.05) is 31.1 Å². The van der Waals surface area contributed by atoms with Gasteiger partial charge in [-0.25, -0.2) is 33.1 Å². The monoisotopic (exact) mass is 599 g/mol. The number of aromatic nitrogens is 5. The molecule has 5 aromatic rings. The third-order valence-electron chi connectivity index (χ3n) is 7.96. The van der Waals surface area contributed by atoms with Crippen molar-refractivity contribution in [3.05, 3.63) is 82.5 Å². The standard InChI is InChI=1S/C32H31F2N7O3/c1-7-24(42)39-11-12-40(17(4)15-39)30-21-14-23(34)27(25-22(33)9-8-20-10-13-44-29(20)25)37-31(21)41(32(43)38-30)28-18(5)35-19(6)36-26(28)16(2)3/h7-10,13-14,16-17H,1,11-12,15H2,2-6H3/t17-/m0/s1. The topological polar surface area (TPSA) is 110 Å². The molecule has 44 heavy (non-hydrogen) atoms. The highest BCUT2D eigenvalue weighted by molar-refractivity contribution is 5.95. The van der Waals surface area contributed by atoms with Gasteiger partial charge in [-0.05, 0) is 57.0 Å². The zero-order valence-corrected chi connectivity index (χ0v) is 25.1. The van der Waals surface area contributed by atoms with E-state index in [2.05, 4.69) is 26.5 Å². The number of anilines is 1. The lowest BCUT2D eigenvalue weighted by molar-refractivity contribution is -0.126. The van der Waals surface area contributed by atoms with Crippen LogP contribution >= 0.6 is 0 Å². The van der Waals surface area contributed by atoms with E-state index in [9.17, 15) is 9.59 Å². The first-order chi connectivity index (χ1) is 21.0. The molecule has 12 heteroatoms. The zero-order chi connectivity index (χ0) is 31.4. The third-order valence-corrected chi connectivity index (χ3v) is 7.96. The fourth-order valence-electron chi connectivity index (χ4n) is 5.94. The van der Waals surface area contributed by atoms with Crippen molar-refractivity contribution >= 4 is 33.7 Å². The lowest BCUT2D eigenvalue weighted by Crippen LogP contribution is -2.54. The van der Waals surface area contributed by atoms with Crippen LogP contribution in [0, 0.1) is 25.5 Å². The summed E-state index contributed by atoms with van der Waals surface area (Å²) in [6.07, 6.45) is 2.65. The number of halogens is 2. The summed E-state index contributed by atoms with van der Waals surface area (Å²) in [7, 11) is 0. The minimum Gasteiger partial charge on any atom is -0.464 e. The molecule has 0 radical (unpaired) electrons. The van der Waals surface area contributed by atoms with Crippen molar-refractivity contribution < 1.29 is 18.0 Å². The van der Waals surface area contributed by atoms with Gasteiger partial charge in [0.1, 0.15) is 28.7 Å². The molecule has 1 atom stereocenters. The Bertz CT molecular complexity index is 2030. The van der Waals surface area contributed by atoms with Crippen molar-refractivity contribution in [2.45, 2.75) is 46.6 Å². The highest BCUT2D eigenvalue weighted by Gasteiger charge is 2.31. The van der Waals surface area contributed by atoms with Crippen molar-refractivity contribution in [1.82, 2.24) is 29.4 Å². The van der Waals surface area contributed by atoms with Crippen molar-refractivity contribution in [2.24, 2.45) is 0 Å². The molecule has 1 aliphatic rings. The van der Waals surface area contributed by atoms with Gasteiger partial charge in [0.05, 0.1) is 34.3 Å². The van der Waals surface area contributed by atoms with E-state index in [4.69, 9.17) is 4.42 Å². The number of hydrogen-bond donors (Lipinski definition) is 0. The highest BCUT2D eigenvalue weighted by Crippen LogP contribution is 2.37. The number of rotatable bonds is 5. The van der Waals surface area contributed by atoms with Gasteiger partial charge in [0.15, 0.2) is 11.5 Å². The fourth-order valence-corrected chi connectivity index (χ4v) is 5.94. The Hall–Kier alpha value is -5.00. The van der Waals surface area contributed by atoms with Gasteiger partial charge in [-0.2, -0.15) is 4.98 Å². The van der Waals surface area contributed by atoms with Crippen molar-refractivity contribution in [2.75, 3.05) is 24.5 Å². The summed E-state index contributed by atoms with van der Waals surface area (Å²) in [4.78, 5) is 48.1. The average molecular weight is 600 g/mol. The van der Waals surface area contributed by atoms with Crippen LogP contribution < -0.4 is 10.6 Å². The number of fused-ring (bicyclic) bond motifs is 2. The van der Waals surface area contributed by atoms with Crippen LogP contribution in [-0.2, 0) is 4.79 Å². The van der Waals surface area contributed by atoms with E-state index in [1.807, 2.05) is 25.7 Å². The second-order valence-electron chi connectivity index (χ2n) is 11.3. The Kier molecular flexibility index (Phi) is 7.22. The van der Waals surface area contributed by atoms with E-state index >= 15 is 8.78 Å². The number of nitrogens with zero attached hydrogens (tertiary/aromatic N) is 7. The molecule has 0 saturated carbocycles. The number of carbonyl (C=O) groups is 1. The van der Waals surface area contributed by atoms with Gasteiger partial charge in [-0.15, -0.1) is 0 Å². The number of amides is 1. The van der Waals surface area contributed by atoms with Crippen molar-refractivity contribution in [3.8, 4) is 16.9 Å². The molecule has 226 valence electrons. The molecule has 1 aromatic carbocycles. The van der Waals surface area contributed by atoms with Gasteiger partial charge in [-0.1, -0.05) is 20.4 Å². The first-order valence-electron chi connectivity index (χ1n) is 14.3. The summed E-state index contributed by atoms with van der Waals surface area (Å²) in [5.74, 6) is -1.11. The summed E-state index contributed by atoms with van der Waals surface area (Å²) < 4.78 is 38.4. The summed E-state index contributed by atoms with van der Waals surface area (Å²) >= 11 is 0. The number of hydrogen-bond acceptors (Lipinski definition) is 8. The normalized spacial score (nSPS) is 15.5. The Labute approximate surface area is 251 Å². The predicted molar refractivity (Wildman–Crippen MR) is 163 cm³/mol. The smallest absolute Gasteiger partial charge is 0.355 e. The maximum absolute atomic E-state index is 16.2. The van der Waals surface area contributed by atoms with Crippen LogP contribution in [0.5, 0.6) is 0 Å².